The first kappa shape index (κ1) is 19.0. The molecular weight excluding hydrogens is 365 g/mol. The van der Waals surface area contributed by atoms with Gasteiger partial charge in [0.2, 0.25) is 0 Å². The third-order valence-electron chi connectivity index (χ3n) is 4.45. The molecule has 0 aliphatic rings. The van der Waals surface area contributed by atoms with Crippen LogP contribution in [0.5, 0.6) is 0 Å². The van der Waals surface area contributed by atoms with Crippen molar-refractivity contribution in [2.45, 2.75) is 38.8 Å². The van der Waals surface area contributed by atoms with Gasteiger partial charge in [0.15, 0.2) is 0 Å². The molecule has 136 valence electrons. The normalized spacial score (nSPS) is 12.3. The van der Waals surface area contributed by atoms with Crippen molar-refractivity contribution in [1.29, 1.82) is 0 Å². The number of benzene rings is 2. The Balaban J connectivity index is 1.73. The summed E-state index contributed by atoms with van der Waals surface area (Å²) in [4.78, 5) is 4.59. The molecule has 1 heterocycles. The van der Waals surface area contributed by atoms with E-state index < -0.39 is 0 Å². The van der Waals surface area contributed by atoms with Gasteiger partial charge in [-0.3, -0.25) is 0 Å². The molecule has 5 heteroatoms. The van der Waals surface area contributed by atoms with Crippen molar-refractivity contribution < 1.29 is 0 Å². The number of nitrogens with two attached hydrogens (primary N) is 1. The standard InChI is InChI=1S/C21H23Cl2N3/c1-15(24)21-20(18-11-10-17(22)13-19(18)23)25-14-26(21)12-6-5-9-16-7-3-2-4-8-16/h2-4,7-8,10-11,13-15H,5-6,9,12,24H2,1H3. The molecule has 3 nitrogen and oxygen atoms in total. The highest BCUT2D eigenvalue weighted by molar-refractivity contribution is 6.36. The highest BCUT2D eigenvalue weighted by Crippen LogP contribution is 2.33. The zero-order valence-corrected chi connectivity index (χ0v) is 16.3. The van der Waals surface area contributed by atoms with Gasteiger partial charge in [-0.25, -0.2) is 4.98 Å². The van der Waals surface area contributed by atoms with Gasteiger partial charge in [0, 0.05) is 23.2 Å². The van der Waals surface area contributed by atoms with Gasteiger partial charge in [-0.15, -0.1) is 0 Å². The molecule has 2 aromatic carbocycles. The number of unbranched alkanes of at least 4 members (excludes halogenated alkanes) is 1. The number of hydrogen-bond acceptors (Lipinski definition) is 2. The Bertz CT molecular complexity index is 857. The molecule has 3 rings (SSSR count). The van der Waals surface area contributed by atoms with Gasteiger partial charge in [0.1, 0.15) is 0 Å². The Labute approximate surface area is 164 Å². The minimum atomic E-state index is -0.131. The summed E-state index contributed by atoms with van der Waals surface area (Å²) in [5.74, 6) is 0. The third kappa shape index (κ3) is 4.47. The molecule has 0 aliphatic carbocycles. The van der Waals surface area contributed by atoms with Crippen molar-refractivity contribution in [2.24, 2.45) is 5.73 Å². The van der Waals surface area contributed by atoms with E-state index in [1.165, 1.54) is 5.56 Å². The van der Waals surface area contributed by atoms with E-state index in [1.807, 2.05) is 31.5 Å². The summed E-state index contributed by atoms with van der Waals surface area (Å²) in [6.07, 6.45) is 5.14. The van der Waals surface area contributed by atoms with Crippen molar-refractivity contribution in [3.8, 4) is 11.3 Å². The molecule has 0 spiro atoms. The highest BCUT2D eigenvalue weighted by atomic mass is 35.5. The van der Waals surface area contributed by atoms with Crippen molar-refractivity contribution in [2.75, 3.05) is 0 Å². The van der Waals surface area contributed by atoms with Crippen LogP contribution in [-0.2, 0) is 13.0 Å². The van der Waals surface area contributed by atoms with Gasteiger partial charge in [0.25, 0.3) is 0 Å². The number of nitrogens with zero attached hydrogens (tertiary/aromatic N) is 2. The average molecular weight is 388 g/mol. The summed E-state index contributed by atoms with van der Waals surface area (Å²) in [6.45, 7) is 2.87. The molecule has 1 atom stereocenters. The fraction of sp³-hybridized carbons (Fsp3) is 0.286. The number of aryl methyl sites for hydroxylation is 2. The molecule has 0 saturated heterocycles. The number of imidazole rings is 1. The molecule has 0 aliphatic heterocycles. The maximum Gasteiger partial charge on any atom is 0.0956 e. The Kier molecular flexibility index (Phi) is 6.36. The average Bonchev–Trinajstić information content (AvgIpc) is 3.03. The fourth-order valence-electron chi connectivity index (χ4n) is 3.19. The van der Waals surface area contributed by atoms with Crippen LogP contribution in [0.15, 0.2) is 54.9 Å². The molecule has 1 aromatic heterocycles. The van der Waals surface area contributed by atoms with E-state index in [0.717, 1.165) is 42.8 Å². The van der Waals surface area contributed by atoms with Crippen LogP contribution in [0, 0.1) is 0 Å². The van der Waals surface area contributed by atoms with Crippen LogP contribution in [0.1, 0.15) is 37.1 Å². The number of hydrogen-bond donors (Lipinski definition) is 1. The summed E-state index contributed by atoms with van der Waals surface area (Å²) in [6, 6.07) is 15.9. The van der Waals surface area contributed by atoms with E-state index in [0.29, 0.717) is 10.0 Å². The molecule has 2 N–H and O–H groups in total. The minimum absolute atomic E-state index is 0.131. The van der Waals surface area contributed by atoms with Gasteiger partial charge in [-0.1, -0.05) is 53.5 Å². The molecule has 0 saturated carbocycles. The van der Waals surface area contributed by atoms with E-state index in [2.05, 4.69) is 33.8 Å². The van der Waals surface area contributed by atoms with Crippen LogP contribution in [0.2, 0.25) is 10.0 Å². The van der Waals surface area contributed by atoms with E-state index in [1.54, 1.807) is 6.07 Å². The molecule has 0 radical (unpaired) electrons. The Morgan fingerprint density at radius 1 is 1.08 bits per heavy atom. The van der Waals surface area contributed by atoms with Crippen LogP contribution in [0.4, 0.5) is 0 Å². The third-order valence-corrected chi connectivity index (χ3v) is 5.00. The van der Waals surface area contributed by atoms with E-state index in [-0.39, 0.29) is 6.04 Å². The van der Waals surface area contributed by atoms with E-state index in [4.69, 9.17) is 28.9 Å². The monoisotopic (exact) mass is 387 g/mol. The summed E-state index contributed by atoms with van der Waals surface area (Å²) in [7, 11) is 0. The first-order valence-corrected chi connectivity index (χ1v) is 9.62. The SMILES string of the molecule is CC(N)c1c(-c2ccc(Cl)cc2Cl)ncn1CCCCc1ccccc1. The molecule has 3 aromatic rings. The van der Waals surface area contributed by atoms with Crippen molar-refractivity contribution in [3.63, 3.8) is 0 Å². The van der Waals surface area contributed by atoms with Crippen molar-refractivity contribution in [1.82, 2.24) is 9.55 Å². The predicted molar refractivity (Wildman–Crippen MR) is 110 cm³/mol. The lowest BCUT2D eigenvalue weighted by Crippen LogP contribution is -2.13. The lowest BCUT2D eigenvalue weighted by Gasteiger charge is -2.14. The van der Waals surface area contributed by atoms with E-state index in [9.17, 15) is 0 Å². The van der Waals surface area contributed by atoms with Crippen molar-refractivity contribution >= 4 is 23.2 Å². The largest absolute Gasteiger partial charge is 0.333 e. The molecule has 0 amide bonds. The van der Waals surface area contributed by atoms with Crippen LogP contribution in [-0.4, -0.2) is 9.55 Å². The van der Waals surface area contributed by atoms with Gasteiger partial charge < -0.3 is 10.3 Å². The first-order chi connectivity index (χ1) is 12.6. The van der Waals surface area contributed by atoms with Crippen LogP contribution in [0.3, 0.4) is 0 Å². The summed E-state index contributed by atoms with van der Waals surface area (Å²) in [5, 5.41) is 1.20. The Morgan fingerprint density at radius 2 is 1.85 bits per heavy atom. The quantitative estimate of drug-likeness (QED) is 0.512. The molecule has 0 bridgehead atoms. The zero-order chi connectivity index (χ0) is 18.5. The zero-order valence-electron chi connectivity index (χ0n) is 14.8. The summed E-state index contributed by atoms with van der Waals surface area (Å²) >= 11 is 12.4. The first-order valence-electron chi connectivity index (χ1n) is 8.86. The van der Waals surface area contributed by atoms with E-state index >= 15 is 0 Å². The maximum absolute atomic E-state index is 6.37. The predicted octanol–water partition coefficient (Wildman–Crippen LogP) is 5.90. The van der Waals surface area contributed by atoms with Gasteiger partial charge in [-0.05, 0) is 49.9 Å². The second-order valence-corrected chi connectivity index (χ2v) is 7.37. The number of halogens is 2. The fourth-order valence-corrected chi connectivity index (χ4v) is 3.69. The van der Waals surface area contributed by atoms with Crippen LogP contribution >= 0.6 is 23.2 Å². The second-order valence-electron chi connectivity index (χ2n) is 6.53. The molecular formula is C21H23Cl2N3. The van der Waals surface area contributed by atoms with Gasteiger partial charge >= 0.3 is 0 Å². The topological polar surface area (TPSA) is 43.8 Å². The Hall–Kier alpha value is -1.81. The second kappa shape index (κ2) is 8.72. The van der Waals surface area contributed by atoms with Gasteiger partial charge in [-0.2, -0.15) is 0 Å². The van der Waals surface area contributed by atoms with Crippen LogP contribution in [0.25, 0.3) is 11.3 Å². The van der Waals surface area contributed by atoms with Crippen LogP contribution < -0.4 is 5.73 Å². The minimum Gasteiger partial charge on any atom is -0.333 e. The lowest BCUT2D eigenvalue weighted by molar-refractivity contribution is 0.572. The maximum atomic E-state index is 6.37. The molecule has 0 fully saturated rings. The number of rotatable bonds is 7. The smallest absolute Gasteiger partial charge is 0.0956 e. The van der Waals surface area contributed by atoms with Crippen molar-refractivity contribution in [3.05, 3.63) is 76.2 Å². The number of aromatic nitrogens is 2. The summed E-state index contributed by atoms with van der Waals surface area (Å²) < 4.78 is 2.15. The Morgan fingerprint density at radius 3 is 2.54 bits per heavy atom. The lowest BCUT2D eigenvalue weighted by atomic mass is 10.1. The van der Waals surface area contributed by atoms with Gasteiger partial charge in [0.05, 0.1) is 22.7 Å². The molecule has 1 unspecified atom stereocenters. The highest BCUT2D eigenvalue weighted by Gasteiger charge is 2.18. The summed E-state index contributed by atoms with van der Waals surface area (Å²) in [5.41, 5.74) is 10.3. The molecule has 26 heavy (non-hydrogen) atoms.